The van der Waals surface area contributed by atoms with Crippen molar-refractivity contribution >= 4 is 11.1 Å². The molecule has 0 saturated heterocycles. The molecule has 2 nitrogen and oxygen atoms in total. The highest BCUT2D eigenvalue weighted by atomic mass is 16.5. The minimum absolute atomic E-state index is 0.173. The van der Waals surface area contributed by atoms with Gasteiger partial charge in [-0.1, -0.05) is 94.6 Å². The van der Waals surface area contributed by atoms with Gasteiger partial charge in [-0.15, -0.1) is 0 Å². The third-order valence-corrected chi connectivity index (χ3v) is 5.98. The maximum atomic E-state index is 9.77. The predicted molar refractivity (Wildman–Crippen MR) is 152 cm³/mol. The Morgan fingerprint density at radius 3 is 2.06 bits per heavy atom. The number of phenols is 1. The molecule has 0 spiro atoms. The fourth-order valence-electron chi connectivity index (χ4n) is 3.91. The predicted octanol–water partition coefficient (Wildman–Crippen LogP) is 9.25. The molecule has 0 bridgehead atoms. The molecule has 0 radical (unpaired) electrons. The highest BCUT2D eigenvalue weighted by Gasteiger charge is 2.23. The summed E-state index contributed by atoms with van der Waals surface area (Å²) in [5.41, 5.74) is 7.39. The van der Waals surface area contributed by atoms with Gasteiger partial charge < -0.3 is 9.84 Å². The van der Waals surface area contributed by atoms with Crippen molar-refractivity contribution in [2.75, 3.05) is 0 Å². The van der Waals surface area contributed by atoms with Crippen LogP contribution in [0.5, 0.6) is 11.5 Å². The number of ether oxygens (including phenoxy) is 1. The van der Waals surface area contributed by atoms with Crippen LogP contribution in [0.3, 0.4) is 0 Å². The molecular weight excluding hydrogens is 428 g/mol. The summed E-state index contributed by atoms with van der Waals surface area (Å²) in [5.74, 6) is 1.22. The van der Waals surface area contributed by atoms with E-state index in [9.17, 15) is 5.11 Å². The number of fused-ring (bicyclic) bond motifs is 1. The Labute approximate surface area is 212 Å². The Bertz CT molecular complexity index is 1110. The molecule has 3 aromatic carbocycles. The Balaban J connectivity index is 0.000000655. The van der Waals surface area contributed by atoms with Crippen LogP contribution in [0.25, 0.3) is 11.1 Å². The Kier molecular flexibility index (Phi) is 10.6. The summed E-state index contributed by atoms with van der Waals surface area (Å²) in [6.45, 7) is 17.1. The van der Waals surface area contributed by atoms with Crippen molar-refractivity contribution in [1.29, 1.82) is 0 Å². The van der Waals surface area contributed by atoms with Crippen LogP contribution in [0, 0.1) is 0 Å². The van der Waals surface area contributed by atoms with E-state index < -0.39 is 0 Å². The first-order chi connectivity index (χ1) is 16.9. The number of rotatable bonds is 6. The van der Waals surface area contributed by atoms with Crippen LogP contribution in [-0.2, 0) is 6.42 Å². The van der Waals surface area contributed by atoms with Crippen molar-refractivity contribution in [2.24, 2.45) is 0 Å². The number of phenolic OH excluding ortho intramolecular Hbond substituents is 1. The Hall–Kier alpha value is -3.52. The van der Waals surface area contributed by atoms with Gasteiger partial charge in [0.15, 0.2) is 0 Å². The number of aryl methyl sites for hydroxylation is 1. The molecule has 0 aliphatic heterocycles. The van der Waals surface area contributed by atoms with Crippen molar-refractivity contribution in [3.05, 3.63) is 120 Å². The molecule has 35 heavy (non-hydrogen) atoms. The van der Waals surface area contributed by atoms with E-state index in [2.05, 4.69) is 82.5 Å². The van der Waals surface area contributed by atoms with Crippen molar-refractivity contribution in [3.63, 3.8) is 0 Å². The number of aromatic hydroxyl groups is 1. The zero-order chi connectivity index (χ0) is 25.8. The van der Waals surface area contributed by atoms with E-state index in [0.717, 1.165) is 30.6 Å². The van der Waals surface area contributed by atoms with Gasteiger partial charge in [0.2, 0.25) is 0 Å². The molecule has 0 atom stereocenters. The van der Waals surface area contributed by atoms with Crippen LogP contribution in [0.15, 0.2) is 98.1 Å². The minimum atomic E-state index is -0.173. The lowest BCUT2D eigenvalue weighted by molar-refractivity contribution is 0.105. The third-order valence-electron chi connectivity index (χ3n) is 5.98. The summed E-state index contributed by atoms with van der Waals surface area (Å²) in [7, 11) is 0. The first kappa shape index (κ1) is 27.7. The number of hydrogen-bond donors (Lipinski definition) is 1. The van der Waals surface area contributed by atoms with Crippen LogP contribution in [-0.4, -0.2) is 10.7 Å². The van der Waals surface area contributed by atoms with Crippen molar-refractivity contribution < 1.29 is 9.84 Å². The number of hydrogen-bond acceptors (Lipinski definition) is 2. The van der Waals surface area contributed by atoms with Crippen LogP contribution in [0.4, 0.5) is 0 Å². The SMILES string of the molecule is C=CC=C.CC.CCC(C)(C)Oc1ccc2c(c1)CCC(c1ccccc1)=C2c1ccc(O)cc1. The van der Waals surface area contributed by atoms with Gasteiger partial charge in [-0.2, -0.15) is 0 Å². The lowest BCUT2D eigenvalue weighted by Crippen LogP contribution is -2.26. The molecule has 1 aliphatic rings. The lowest BCUT2D eigenvalue weighted by atomic mass is 9.79. The molecule has 0 saturated carbocycles. The maximum Gasteiger partial charge on any atom is 0.120 e. The molecule has 2 heteroatoms. The fourth-order valence-corrected chi connectivity index (χ4v) is 3.91. The molecule has 0 aromatic heterocycles. The molecule has 1 N–H and O–H groups in total. The van der Waals surface area contributed by atoms with E-state index in [-0.39, 0.29) is 11.4 Å². The molecular formula is C33H40O2. The second kappa shape index (κ2) is 13.4. The van der Waals surface area contributed by atoms with Crippen LogP contribution in [0.2, 0.25) is 0 Å². The molecule has 0 amide bonds. The van der Waals surface area contributed by atoms with Gasteiger partial charge in [0, 0.05) is 0 Å². The molecule has 1 aliphatic carbocycles. The average molecular weight is 469 g/mol. The fraction of sp³-hybridized carbons (Fsp3) is 0.273. The second-order valence-corrected chi connectivity index (χ2v) is 8.77. The van der Waals surface area contributed by atoms with E-state index in [1.165, 1.54) is 27.8 Å². The molecule has 184 valence electrons. The largest absolute Gasteiger partial charge is 0.508 e. The Morgan fingerprint density at radius 2 is 1.49 bits per heavy atom. The van der Waals surface area contributed by atoms with Gasteiger partial charge in [0.25, 0.3) is 0 Å². The zero-order valence-corrected chi connectivity index (χ0v) is 22.0. The summed E-state index contributed by atoms with van der Waals surface area (Å²) >= 11 is 0. The normalized spacial score (nSPS) is 12.3. The quantitative estimate of drug-likeness (QED) is 0.365. The molecule has 4 rings (SSSR count). The summed E-state index contributed by atoms with van der Waals surface area (Å²) in [5, 5.41) is 9.77. The number of benzene rings is 3. The second-order valence-electron chi connectivity index (χ2n) is 8.77. The van der Waals surface area contributed by atoms with Gasteiger partial charge in [-0.25, -0.2) is 0 Å². The molecule has 0 heterocycles. The van der Waals surface area contributed by atoms with Crippen LogP contribution < -0.4 is 4.74 Å². The summed E-state index contributed by atoms with van der Waals surface area (Å²) in [6, 6.07) is 24.6. The Morgan fingerprint density at radius 1 is 0.857 bits per heavy atom. The molecule has 0 unspecified atom stereocenters. The highest BCUT2D eigenvalue weighted by Crippen LogP contribution is 2.42. The van der Waals surface area contributed by atoms with E-state index >= 15 is 0 Å². The summed E-state index contributed by atoms with van der Waals surface area (Å²) < 4.78 is 6.24. The van der Waals surface area contributed by atoms with Gasteiger partial charge in [-0.3, -0.25) is 0 Å². The first-order valence-electron chi connectivity index (χ1n) is 12.5. The van der Waals surface area contributed by atoms with Crippen molar-refractivity contribution in [1.82, 2.24) is 0 Å². The maximum absolute atomic E-state index is 9.77. The van der Waals surface area contributed by atoms with Gasteiger partial charge in [-0.05, 0) is 90.8 Å². The van der Waals surface area contributed by atoms with Gasteiger partial charge >= 0.3 is 0 Å². The summed E-state index contributed by atoms with van der Waals surface area (Å²) in [4.78, 5) is 0. The smallest absolute Gasteiger partial charge is 0.120 e. The van der Waals surface area contributed by atoms with E-state index in [1.54, 1.807) is 24.3 Å². The van der Waals surface area contributed by atoms with Crippen molar-refractivity contribution in [3.8, 4) is 11.5 Å². The lowest BCUT2D eigenvalue weighted by Gasteiger charge is -2.28. The van der Waals surface area contributed by atoms with Crippen LogP contribution in [0.1, 0.15) is 69.7 Å². The van der Waals surface area contributed by atoms with Gasteiger partial charge in [0.1, 0.15) is 17.1 Å². The van der Waals surface area contributed by atoms with Crippen molar-refractivity contribution in [2.45, 2.75) is 59.5 Å². The first-order valence-corrected chi connectivity index (χ1v) is 12.5. The van der Waals surface area contributed by atoms with Crippen LogP contribution >= 0.6 is 0 Å². The monoisotopic (exact) mass is 468 g/mol. The average Bonchev–Trinajstić information content (AvgIpc) is 2.90. The highest BCUT2D eigenvalue weighted by molar-refractivity contribution is 6.00. The molecule has 3 aromatic rings. The van der Waals surface area contributed by atoms with E-state index in [4.69, 9.17) is 4.74 Å². The third kappa shape index (κ3) is 7.48. The van der Waals surface area contributed by atoms with E-state index in [0.29, 0.717) is 0 Å². The summed E-state index contributed by atoms with van der Waals surface area (Å²) in [6.07, 6.45) is 6.21. The standard InChI is InChI=1S/C27H28O2.C4H6.C2H6/c1-4-27(2,3)29-23-15-17-25-21(18-23)12-16-24(19-8-6-5-7-9-19)26(25)20-10-13-22(28)14-11-20;1-3-4-2;1-2/h5-11,13-15,17-18,28H,4,12,16H2,1-3H3;3-4H,1-2H2;1-2H3. The number of allylic oxidation sites excluding steroid dienone is 3. The van der Waals surface area contributed by atoms with Gasteiger partial charge in [0.05, 0.1) is 0 Å². The van der Waals surface area contributed by atoms with E-state index in [1.807, 2.05) is 26.0 Å². The molecule has 0 fully saturated rings. The zero-order valence-electron chi connectivity index (χ0n) is 22.0. The minimum Gasteiger partial charge on any atom is -0.508 e. The topological polar surface area (TPSA) is 29.5 Å².